The molecule has 3 aromatic rings. The molecule has 120 valence electrons. The number of carboxylic acid groups (broad SMARTS) is 1. The van der Waals surface area contributed by atoms with Crippen molar-refractivity contribution in [3.05, 3.63) is 77.6 Å². The molecule has 5 heteroatoms. The van der Waals surface area contributed by atoms with Crippen molar-refractivity contribution in [3.63, 3.8) is 0 Å². The summed E-state index contributed by atoms with van der Waals surface area (Å²) in [5.41, 5.74) is 2.37. The van der Waals surface area contributed by atoms with Crippen molar-refractivity contribution in [1.82, 2.24) is 9.97 Å². The van der Waals surface area contributed by atoms with Gasteiger partial charge in [-0.2, -0.15) is 0 Å². The van der Waals surface area contributed by atoms with Crippen LogP contribution >= 0.6 is 0 Å². The highest BCUT2D eigenvalue weighted by molar-refractivity contribution is 5.86. The summed E-state index contributed by atoms with van der Waals surface area (Å²) in [7, 11) is 0. The fourth-order valence-corrected chi connectivity index (χ4v) is 2.27. The van der Waals surface area contributed by atoms with E-state index in [1.54, 1.807) is 6.92 Å². The Labute approximate surface area is 139 Å². The minimum atomic E-state index is -1.07. The number of carbonyl (C=O) groups is 1. The number of ether oxygens (including phenoxy) is 1. The van der Waals surface area contributed by atoms with E-state index in [1.807, 2.05) is 54.6 Å². The lowest BCUT2D eigenvalue weighted by molar-refractivity contribution is 0.0690. The van der Waals surface area contributed by atoms with Crippen LogP contribution in [0.25, 0.3) is 11.4 Å². The van der Waals surface area contributed by atoms with Crippen LogP contribution in [0.2, 0.25) is 0 Å². The molecule has 1 heterocycles. The normalized spacial score (nSPS) is 10.4. The van der Waals surface area contributed by atoms with Crippen molar-refractivity contribution < 1.29 is 14.6 Å². The second kappa shape index (κ2) is 6.91. The Morgan fingerprint density at radius 1 is 1.04 bits per heavy atom. The zero-order valence-corrected chi connectivity index (χ0v) is 13.1. The number of rotatable bonds is 5. The molecule has 0 radical (unpaired) electrons. The molecular weight excluding hydrogens is 304 g/mol. The lowest BCUT2D eigenvalue weighted by Crippen LogP contribution is -2.04. The third-order valence-corrected chi connectivity index (χ3v) is 3.41. The van der Waals surface area contributed by atoms with Crippen LogP contribution in [0.3, 0.4) is 0 Å². The van der Waals surface area contributed by atoms with Crippen molar-refractivity contribution in [2.24, 2.45) is 0 Å². The predicted octanol–water partition coefficient (Wildman–Crippen LogP) is 3.73. The van der Waals surface area contributed by atoms with Crippen molar-refractivity contribution in [2.45, 2.75) is 13.5 Å². The number of aromatic carboxylic acids is 1. The van der Waals surface area contributed by atoms with Gasteiger partial charge in [-0.05, 0) is 30.7 Å². The highest BCUT2D eigenvalue weighted by Crippen LogP contribution is 2.22. The first-order valence-corrected chi connectivity index (χ1v) is 7.48. The zero-order chi connectivity index (χ0) is 16.9. The average molecular weight is 320 g/mol. The van der Waals surface area contributed by atoms with E-state index < -0.39 is 5.97 Å². The van der Waals surface area contributed by atoms with Gasteiger partial charge in [0.2, 0.25) is 0 Å². The molecule has 1 aromatic heterocycles. The molecule has 1 N–H and O–H groups in total. The van der Waals surface area contributed by atoms with E-state index in [4.69, 9.17) is 9.84 Å². The minimum Gasteiger partial charge on any atom is -0.489 e. The van der Waals surface area contributed by atoms with Crippen molar-refractivity contribution >= 4 is 5.97 Å². The molecule has 0 aliphatic heterocycles. The Kier molecular flexibility index (Phi) is 4.52. The highest BCUT2D eigenvalue weighted by Gasteiger charge is 2.10. The molecule has 0 saturated carbocycles. The van der Waals surface area contributed by atoms with Crippen molar-refractivity contribution in [3.8, 4) is 17.1 Å². The number of aromatic nitrogens is 2. The molecule has 0 amide bonds. The van der Waals surface area contributed by atoms with Gasteiger partial charge in [0, 0.05) is 11.3 Å². The molecule has 24 heavy (non-hydrogen) atoms. The third kappa shape index (κ3) is 3.76. The Hall–Kier alpha value is -3.21. The van der Waals surface area contributed by atoms with E-state index >= 15 is 0 Å². The SMILES string of the molecule is Cc1cc(C(=O)O)nc(-c2cccc(OCc3ccccc3)c2)n1. The van der Waals surface area contributed by atoms with E-state index in [2.05, 4.69) is 9.97 Å². The summed E-state index contributed by atoms with van der Waals surface area (Å²) in [5.74, 6) is -0.0193. The maximum atomic E-state index is 11.1. The maximum absolute atomic E-state index is 11.1. The highest BCUT2D eigenvalue weighted by atomic mass is 16.5. The van der Waals surface area contributed by atoms with Crippen LogP contribution in [-0.4, -0.2) is 21.0 Å². The van der Waals surface area contributed by atoms with Crippen LogP contribution in [0.1, 0.15) is 21.7 Å². The molecule has 0 unspecified atom stereocenters. The van der Waals surface area contributed by atoms with Gasteiger partial charge in [-0.25, -0.2) is 14.8 Å². The second-order valence-corrected chi connectivity index (χ2v) is 5.33. The smallest absolute Gasteiger partial charge is 0.354 e. The number of carboxylic acids is 1. The monoisotopic (exact) mass is 320 g/mol. The molecule has 0 spiro atoms. The minimum absolute atomic E-state index is 0.0203. The molecule has 3 rings (SSSR count). The standard InChI is InChI=1S/C19H16N2O3/c1-13-10-17(19(22)23)21-18(20-13)15-8-5-9-16(11-15)24-12-14-6-3-2-4-7-14/h2-11H,12H2,1H3,(H,22,23). The summed E-state index contributed by atoms with van der Waals surface area (Å²) in [5, 5.41) is 9.13. The van der Waals surface area contributed by atoms with Gasteiger partial charge in [0.05, 0.1) is 0 Å². The predicted molar refractivity (Wildman–Crippen MR) is 89.9 cm³/mol. The Morgan fingerprint density at radius 3 is 2.58 bits per heavy atom. The van der Waals surface area contributed by atoms with Crippen LogP contribution in [0.5, 0.6) is 5.75 Å². The van der Waals surface area contributed by atoms with Crippen molar-refractivity contribution in [2.75, 3.05) is 0 Å². The number of hydrogen-bond donors (Lipinski definition) is 1. The van der Waals surface area contributed by atoms with Gasteiger partial charge < -0.3 is 9.84 Å². The van der Waals surface area contributed by atoms with Gasteiger partial charge in [-0.1, -0.05) is 42.5 Å². The van der Waals surface area contributed by atoms with Gasteiger partial charge in [0.1, 0.15) is 12.4 Å². The first-order valence-electron chi connectivity index (χ1n) is 7.48. The first-order chi connectivity index (χ1) is 11.6. The van der Waals surface area contributed by atoms with E-state index in [0.29, 0.717) is 29.4 Å². The number of benzene rings is 2. The molecule has 5 nitrogen and oxygen atoms in total. The van der Waals surface area contributed by atoms with Crippen LogP contribution in [0.4, 0.5) is 0 Å². The Balaban J connectivity index is 1.84. The summed E-state index contributed by atoms with van der Waals surface area (Å²) in [6.07, 6.45) is 0. The Bertz CT molecular complexity index is 863. The van der Waals surface area contributed by atoms with Crippen LogP contribution < -0.4 is 4.74 Å². The van der Waals surface area contributed by atoms with Gasteiger partial charge in [0.25, 0.3) is 0 Å². The summed E-state index contributed by atoms with van der Waals surface area (Å²) in [6.45, 7) is 2.20. The van der Waals surface area contributed by atoms with E-state index in [1.165, 1.54) is 6.07 Å². The largest absolute Gasteiger partial charge is 0.489 e. The summed E-state index contributed by atoms with van der Waals surface area (Å²) < 4.78 is 5.79. The van der Waals surface area contributed by atoms with Crippen LogP contribution in [0.15, 0.2) is 60.7 Å². The number of nitrogens with zero attached hydrogens (tertiary/aromatic N) is 2. The number of hydrogen-bond acceptors (Lipinski definition) is 4. The topological polar surface area (TPSA) is 72.3 Å². The second-order valence-electron chi connectivity index (χ2n) is 5.33. The molecule has 0 fully saturated rings. The van der Waals surface area contributed by atoms with Crippen LogP contribution in [-0.2, 0) is 6.61 Å². The van der Waals surface area contributed by atoms with E-state index in [0.717, 1.165) is 5.56 Å². The van der Waals surface area contributed by atoms with Gasteiger partial charge >= 0.3 is 5.97 Å². The first kappa shape index (κ1) is 15.7. The van der Waals surface area contributed by atoms with Gasteiger partial charge in [0.15, 0.2) is 11.5 Å². The molecule has 0 aliphatic rings. The van der Waals surface area contributed by atoms with Gasteiger partial charge in [-0.15, -0.1) is 0 Å². The molecule has 0 bridgehead atoms. The molecule has 0 aliphatic carbocycles. The molecular formula is C19H16N2O3. The third-order valence-electron chi connectivity index (χ3n) is 3.41. The quantitative estimate of drug-likeness (QED) is 0.775. The van der Waals surface area contributed by atoms with E-state index in [-0.39, 0.29) is 5.69 Å². The van der Waals surface area contributed by atoms with E-state index in [9.17, 15) is 4.79 Å². The van der Waals surface area contributed by atoms with Gasteiger partial charge in [-0.3, -0.25) is 0 Å². The zero-order valence-electron chi connectivity index (χ0n) is 13.1. The van der Waals surface area contributed by atoms with Crippen molar-refractivity contribution in [1.29, 1.82) is 0 Å². The molecule has 0 saturated heterocycles. The summed E-state index contributed by atoms with van der Waals surface area (Å²) in [6, 6.07) is 18.6. The molecule has 2 aromatic carbocycles. The number of aryl methyl sites for hydroxylation is 1. The fraction of sp³-hybridized carbons (Fsp3) is 0.105. The fourth-order valence-electron chi connectivity index (χ4n) is 2.27. The lowest BCUT2D eigenvalue weighted by atomic mass is 10.2. The Morgan fingerprint density at radius 2 is 1.83 bits per heavy atom. The maximum Gasteiger partial charge on any atom is 0.354 e. The summed E-state index contributed by atoms with van der Waals surface area (Å²) in [4.78, 5) is 19.6. The van der Waals surface area contributed by atoms with Crippen LogP contribution in [0, 0.1) is 6.92 Å². The molecule has 0 atom stereocenters. The average Bonchev–Trinajstić information content (AvgIpc) is 2.60. The lowest BCUT2D eigenvalue weighted by Gasteiger charge is -2.08. The summed E-state index contributed by atoms with van der Waals surface area (Å²) >= 11 is 0.